The van der Waals surface area contributed by atoms with Crippen molar-refractivity contribution in [2.45, 2.75) is 75.4 Å². The Kier molecular flexibility index (Phi) is 8.47. The van der Waals surface area contributed by atoms with Crippen molar-refractivity contribution in [2.75, 3.05) is 19.8 Å². The summed E-state index contributed by atoms with van der Waals surface area (Å²) in [6.45, 7) is 0.480. The highest BCUT2D eigenvalue weighted by Crippen LogP contribution is 2.42. The number of imidazole rings is 1. The van der Waals surface area contributed by atoms with E-state index in [1.54, 1.807) is 13.2 Å². The Labute approximate surface area is 254 Å². The molecule has 0 unspecified atom stereocenters. The van der Waals surface area contributed by atoms with Crippen LogP contribution in [0.3, 0.4) is 0 Å². The molecule has 0 radical (unpaired) electrons. The molecular weight excluding hydrogens is 605 g/mol. The van der Waals surface area contributed by atoms with Gasteiger partial charge in [-0.15, -0.1) is 0 Å². The Morgan fingerprint density at radius 3 is 2.58 bits per heavy atom. The smallest absolute Gasteiger partial charge is 0.381 e. The van der Waals surface area contributed by atoms with Gasteiger partial charge in [-0.25, -0.2) is 32.9 Å². The predicted octanol–water partition coefficient (Wildman–Crippen LogP) is 3.30. The van der Waals surface area contributed by atoms with E-state index >= 15 is 0 Å². The number of carbonyl (C=O) groups excluding carboxylic acids is 2. The van der Waals surface area contributed by atoms with Crippen molar-refractivity contribution in [3.8, 4) is 0 Å². The fraction of sp³-hybridized carbons (Fsp3) is 0.679. The molecule has 1 aliphatic carbocycles. The van der Waals surface area contributed by atoms with Gasteiger partial charge in [0.05, 0.1) is 35.2 Å². The number of fused-ring (bicyclic) bond motifs is 1. The largest absolute Gasteiger partial charge is 0.393 e. The molecule has 17 heteroatoms. The molecule has 0 aromatic carbocycles. The second-order valence-electron chi connectivity index (χ2n) is 12.2. The third-order valence-electron chi connectivity index (χ3n) is 9.16. The monoisotopic (exact) mass is 639 g/mol. The second kappa shape index (κ2) is 12.2. The zero-order valence-corrected chi connectivity index (χ0v) is 24.6. The van der Waals surface area contributed by atoms with Gasteiger partial charge in [0.2, 0.25) is 17.7 Å². The lowest BCUT2D eigenvalue weighted by Gasteiger charge is -2.33. The van der Waals surface area contributed by atoms with Crippen molar-refractivity contribution in [3.63, 3.8) is 0 Å². The first kappa shape index (κ1) is 31.2. The molecule has 3 atom stereocenters. The zero-order valence-electron chi connectivity index (χ0n) is 24.6. The number of aromatic nitrogens is 7. The van der Waals surface area contributed by atoms with Crippen molar-refractivity contribution >= 4 is 17.6 Å². The molecule has 1 saturated carbocycles. The van der Waals surface area contributed by atoms with Gasteiger partial charge in [0, 0.05) is 57.9 Å². The van der Waals surface area contributed by atoms with Crippen LogP contribution in [0.15, 0.2) is 12.5 Å². The Bertz CT molecular complexity index is 1540. The summed E-state index contributed by atoms with van der Waals surface area (Å²) in [4.78, 5) is 39.3. The predicted molar refractivity (Wildman–Crippen MR) is 146 cm³/mol. The summed E-state index contributed by atoms with van der Waals surface area (Å²) in [5.41, 5.74) is 1.28. The molecular formula is C28H34F5N9O3. The maximum atomic E-state index is 14.1. The maximum absolute atomic E-state index is 14.1. The van der Waals surface area contributed by atoms with E-state index < -0.39 is 48.3 Å². The van der Waals surface area contributed by atoms with E-state index in [1.807, 2.05) is 0 Å². The van der Waals surface area contributed by atoms with Crippen LogP contribution in [0.1, 0.15) is 84.6 Å². The molecule has 6 rings (SSSR count). The van der Waals surface area contributed by atoms with Gasteiger partial charge in [-0.3, -0.25) is 9.59 Å². The lowest BCUT2D eigenvalue weighted by Crippen LogP contribution is -2.47. The summed E-state index contributed by atoms with van der Waals surface area (Å²) in [5.74, 6) is -6.69. The van der Waals surface area contributed by atoms with Crippen LogP contribution in [0.25, 0.3) is 5.78 Å². The average molecular weight is 640 g/mol. The van der Waals surface area contributed by atoms with Gasteiger partial charge in [0.25, 0.3) is 11.7 Å². The molecule has 2 N–H and O–H groups in total. The van der Waals surface area contributed by atoms with Crippen LogP contribution < -0.4 is 10.6 Å². The number of rotatable bonds is 7. The molecule has 2 saturated heterocycles. The number of halogens is 5. The summed E-state index contributed by atoms with van der Waals surface area (Å²) in [6, 6.07) is -0.777. The third-order valence-corrected chi connectivity index (χ3v) is 9.16. The minimum Gasteiger partial charge on any atom is -0.381 e. The van der Waals surface area contributed by atoms with Gasteiger partial charge in [-0.2, -0.15) is 23.4 Å². The van der Waals surface area contributed by atoms with Gasteiger partial charge in [0.1, 0.15) is 6.33 Å². The number of nitrogens with one attached hydrogen (secondary N) is 2. The van der Waals surface area contributed by atoms with E-state index in [1.165, 1.54) is 15.5 Å². The minimum absolute atomic E-state index is 0.0353. The number of hydrogen-bond acceptors (Lipinski definition) is 8. The molecule has 45 heavy (non-hydrogen) atoms. The first-order chi connectivity index (χ1) is 21.4. The fourth-order valence-electron chi connectivity index (χ4n) is 6.57. The summed E-state index contributed by atoms with van der Waals surface area (Å²) >= 11 is 0. The molecule has 0 spiro atoms. The molecule has 244 valence electrons. The maximum Gasteiger partial charge on any atom is 0.393 e. The Morgan fingerprint density at radius 2 is 1.91 bits per heavy atom. The van der Waals surface area contributed by atoms with E-state index in [2.05, 4.69) is 25.7 Å². The van der Waals surface area contributed by atoms with Crippen molar-refractivity contribution < 1.29 is 36.3 Å². The number of carbonyl (C=O) groups is 2. The highest BCUT2D eigenvalue weighted by atomic mass is 19.4. The van der Waals surface area contributed by atoms with E-state index in [0.717, 1.165) is 0 Å². The summed E-state index contributed by atoms with van der Waals surface area (Å²) in [7, 11) is 1.56. The van der Waals surface area contributed by atoms with Crippen LogP contribution >= 0.6 is 0 Å². The first-order valence-electron chi connectivity index (χ1n) is 15.1. The van der Waals surface area contributed by atoms with Crippen LogP contribution in [0, 0.1) is 17.8 Å². The van der Waals surface area contributed by atoms with Crippen molar-refractivity contribution in [1.29, 1.82) is 0 Å². The second-order valence-corrected chi connectivity index (χ2v) is 12.2. The third kappa shape index (κ3) is 6.77. The number of hydrogen-bond donors (Lipinski definition) is 2. The molecule has 3 fully saturated rings. The van der Waals surface area contributed by atoms with Crippen molar-refractivity contribution in [2.24, 2.45) is 24.8 Å². The van der Waals surface area contributed by atoms with Crippen molar-refractivity contribution in [1.82, 2.24) is 45.0 Å². The Hall–Kier alpha value is -3.76. The number of nitrogens with zero attached hydrogens (tertiary/aromatic N) is 7. The molecule has 3 aromatic rings. The van der Waals surface area contributed by atoms with Crippen LogP contribution in [-0.4, -0.2) is 78.0 Å². The Morgan fingerprint density at radius 1 is 1.18 bits per heavy atom. The average Bonchev–Trinajstić information content (AvgIpc) is 3.62. The standard InChI is InChI=1S/C28H34F5N9O3/c1-41-23(35-14-36-41)25(44)38-22(15-2-6-27(29,30)7-3-15)20-13-42-26(37-20)39-21(16-4-8-45-9-5-16)19(40-42)11-17-10-18(28(31,32)33)12-34-24(17)43/h13-18,22H,2-12H2,1H3,(H,34,43)(H,38,44)/t17-,18-,22+/m1/s1. The highest BCUT2D eigenvalue weighted by Gasteiger charge is 2.45. The van der Waals surface area contributed by atoms with Gasteiger partial charge in [-0.1, -0.05) is 0 Å². The summed E-state index contributed by atoms with van der Waals surface area (Å²) in [6.07, 6.45) is -1.25. The van der Waals surface area contributed by atoms with E-state index in [0.29, 0.717) is 43.1 Å². The molecule has 2 aliphatic heterocycles. The molecule has 12 nitrogen and oxygen atoms in total. The van der Waals surface area contributed by atoms with Crippen molar-refractivity contribution in [3.05, 3.63) is 35.4 Å². The number of amides is 2. The molecule has 0 bridgehead atoms. The zero-order chi connectivity index (χ0) is 31.9. The van der Waals surface area contributed by atoms with E-state index in [9.17, 15) is 31.5 Å². The molecule has 5 heterocycles. The molecule has 2 amide bonds. The fourth-order valence-corrected chi connectivity index (χ4v) is 6.57. The molecule has 3 aromatic heterocycles. The number of ether oxygens (including phenoxy) is 1. The Balaban J connectivity index is 1.35. The lowest BCUT2D eigenvalue weighted by atomic mass is 9.81. The first-order valence-corrected chi connectivity index (χ1v) is 15.1. The van der Waals surface area contributed by atoms with Crippen LogP contribution in [0.4, 0.5) is 22.0 Å². The van der Waals surface area contributed by atoms with Gasteiger partial charge in [-0.05, 0) is 38.0 Å². The lowest BCUT2D eigenvalue weighted by molar-refractivity contribution is -0.183. The highest BCUT2D eigenvalue weighted by molar-refractivity contribution is 5.90. The topological polar surface area (TPSA) is 141 Å². The normalized spacial score (nSPS) is 24.0. The van der Waals surface area contributed by atoms with E-state index in [4.69, 9.17) is 14.8 Å². The number of aryl methyl sites for hydroxylation is 1. The number of alkyl halides is 5. The van der Waals surface area contributed by atoms with Gasteiger partial charge < -0.3 is 15.4 Å². The van der Waals surface area contributed by atoms with Crippen LogP contribution in [0.5, 0.6) is 0 Å². The minimum atomic E-state index is -4.45. The van der Waals surface area contributed by atoms with Gasteiger partial charge >= 0.3 is 6.18 Å². The summed E-state index contributed by atoms with van der Waals surface area (Å²) in [5, 5.41) is 13.9. The van der Waals surface area contributed by atoms with Crippen LogP contribution in [-0.2, 0) is 23.0 Å². The molecule has 3 aliphatic rings. The number of piperidine rings is 1. The van der Waals surface area contributed by atoms with Gasteiger partial charge in [0.15, 0.2) is 0 Å². The quantitative estimate of drug-likeness (QED) is 0.376. The van der Waals surface area contributed by atoms with E-state index in [-0.39, 0.29) is 62.0 Å². The summed E-state index contributed by atoms with van der Waals surface area (Å²) < 4.78 is 77.0. The SMILES string of the molecule is Cn1ncnc1C(=O)N[C@H](c1cn2nc(C[C@H]3C[C@@H](C(F)(F)F)CNC3=O)c(C3CCOCC3)nc2n1)C1CCC(F)(F)CC1. The van der Waals surface area contributed by atoms with Crippen LogP contribution in [0.2, 0.25) is 0 Å².